The molecule has 8 rings (SSSR count). The molecule has 246 valence electrons. The number of fused-ring (bicyclic) bond motifs is 9. The molecule has 4 aromatic rings. The van der Waals surface area contributed by atoms with E-state index in [0.29, 0.717) is 22.9 Å². The highest BCUT2D eigenvalue weighted by Gasteiger charge is 2.69. The number of nitrogens with one attached hydrogen (secondary N) is 2. The van der Waals surface area contributed by atoms with Crippen molar-refractivity contribution in [1.29, 1.82) is 0 Å². The van der Waals surface area contributed by atoms with Crippen molar-refractivity contribution in [2.75, 3.05) is 16.8 Å². The van der Waals surface area contributed by atoms with E-state index in [1.165, 1.54) is 23.9 Å². The van der Waals surface area contributed by atoms with E-state index in [4.69, 9.17) is 16.3 Å². The number of aromatic amines is 1. The monoisotopic (exact) mass is 711 g/mol. The Labute approximate surface area is 284 Å². The maximum absolute atomic E-state index is 14.0. The number of carbonyl (C=O) groups is 3. The fraction of sp³-hybridized carbons (Fsp3) is 0.294. The van der Waals surface area contributed by atoms with Crippen molar-refractivity contribution in [2.45, 2.75) is 28.8 Å². The van der Waals surface area contributed by atoms with Crippen LogP contribution in [0.4, 0.5) is 24.5 Å². The second-order valence-electron chi connectivity index (χ2n) is 12.4. The molecule has 1 aromatic heterocycles. The average molecular weight is 712 g/mol. The summed E-state index contributed by atoms with van der Waals surface area (Å²) in [5.74, 6) is -3.03. The number of aromatic nitrogens is 1. The van der Waals surface area contributed by atoms with E-state index in [1.807, 2.05) is 18.2 Å². The molecule has 6 unspecified atom stereocenters. The largest absolute Gasteiger partial charge is 0.484 e. The van der Waals surface area contributed by atoms with Crippen molar-refractivity contribution in [3.05, 3.63) is 103 Å². The third-order valence-electron chi connectivity index (χ3n) is 9.87. The second kappa shape index (κ2) is 11.5. The molecule has 3 amide bonds. The van der Waals surface area contributed by atoms with Crippen molar-refractivity contribution in [1.82, 2.24) is 4.98 Å². The van der Waals surface area contributed by atoms with Gasteiger partial charge in [0.25, 0.3) is 5.91 Å². The Morgan fingerprint density at radius 2 is 1.71 bits per heavy atom. The third-order valence-corrected chi connectivity index (χ3v) is 12.7. The molecule has 2 N–H and O–H groups in total. The number of thioether (sulfide) groups is 1. The van der Waals surface area contributed by atoms with Crippen molar-refractivity contribution in [2.24, 2.45) is 29.6 Å². The first-order valence-electron chi connectivity index (χ1n) is 15.2. The zero-order valence-corrected chi connectivity index (χ0v) is 27.1. The quantitative estimate of drug-likeness (QED) is 0.213. The van der Waals surface area contributed by atoms with Crippen molar-refractivity contribution in [3.63, 3.8) is 0 Å². The maximum atomic E-state index is 14.0. The number of alkyl halides is 3. The number of H-pyrrole nitrogens is 1. The van der Waals surface area contributed by atoms with Crippen LogP contribution in [-0.2, 0) is 20.6 Å². The van der Waals surface area contributed by atoms with Crippen molar-refractivity contribution < 1.29 is 32.3 Å². The highest BCUT2D eigenvalue weighted by atomic mass is 35.5. The Bertz CT molecular complexity index is 2030. The number of anilines is 2. The molecule has 8 nitrogen and oxygen atoms in total. The fourth-order valence-corrected chi connectivity index (χ4v) is 11.2. The number of hydrogen-bond acceptors (Lipinski definition) is 7. The SMILES string of the molecule is O=C(COc1cccc([C@H]2c3sc(=O)[nH]c3SC3C4CC(C5C(=O)N(c6cccc(C(F)(F)F)c6)C(=O)C45)C32)c1)Nc1ccc(Cl)cc1. The number of amides is 3. The van der Waals surface area contributed by atoms with Crippen LogP contribution in [0.2, 0.25) is 5.02 Å². The molecular weight excluding hydrogens is 687 g/mol. The number of ether oxygens (including phenoxy) is 1. The van der Waals surface area contributed by atoms with Crippen LogP contribution in [0.25, 0.3) is 0 Å². The van der Waals surface area contributed by atoms with Crippen LogP contribution in [0, 0.1) is 29.6 Å². The lowest BCUT2D eigenvalue weighted by atomic mass is 9.68. The molecule has 2 aliphatic heterocycles. The van der Waals surface area contributed by atoms with Gasteiger partial charge in [0.2, 0.25) is 11.8 Å². The van der Waals surface area contributed by atoms with Gasteiger partial charge >= 0.3 is 11.0 Å². The van der Waals surface area contributed by atoms with Gasteiger partial charge in [0, 0.05) is 26.8 Å². The molecule has 2 saturated carbocycles. The number of halogens is 4. The third kappa shape index (κ3) is 5.14. The summed E-state index contributed by atoms with van der Waals surface area (Å²) >= 11 is 8.55. The summed E-state index contributed by atoms with van der Waals surface area (Å²) in [6.45, 7) is -0.252. The summed E-state index contributed by atoms with van der Waals surface area (Å²) in [6.07, 6.45) is -4.00. The Kier molecular flexibility index (Phi) is 7.49. The molecule has 3 heterocycles. The van der Waals surface area contributed by atoms with Crippen LogP contribution in [0.5, 0.6) is 5.75 Å². The van der Waals surface area contributed by atoms with Crippen LogP contribution < -0.4 is 19.8 Å². The lowest BCUT2D eigenvalue weighted by Gasteiger charge is -2.43. The minimum Gasteiger partial charge on any atom is -0.484 e. The molecule has 0 radical (unpaired) electrons. The van der Waals surface area contributed by atoms with E-state index >= 15 is 0 Å². The molecule has 3 fully saturated rings. The van der Waals surface area contributed by atoms with Crippen molar-refractivity contribution in [3.8, 4) is 5.75 Å². The Morgan fingerprint density at radius 1 is 0.979 bits per heavy atom. The number of imide groups is 1. The van der Waals surface area contributed by atoms with Gasteiger partial charge in [-0.1, -0.05) is 41.1 Å². The van der Waals surface area contributed by atoms with Crippen LogP contribution in [0.15, 0.2) is 82.6 Å². The summed E-state index contributed by atoms with van der Waals surface area (Å²) in [4.78, 5) is 57.5. The summed E-state index contributed by atoms with van der Waals surface area (Å²) in [5.41, 5.74) is 0.411. The standard InChI is InChI=1S/C34H25ClF3N3O5S2/c35-17-7-9-18(10-8-17)39-23(42)14-46-20-6-1-3-15(11-20)24-25-21-13-22(28(25)47-30-29(24)48-33(45)40-30)27-26(21)31(43)41(32(27)44)19-5-2-4-16(12-19)34(36,37)38/h1-12,21-22,24-28H,13-14H2,(H,39,42)(H,40,45)/t21?,22?,24-,25?,26?,27?,28?/m1/s1. The smallest absolute Gasteiger partial charge is 0.416 e. The van der Waals surface area contributed by atoms with E-state index < -0.39 is 35.4 Å². The molecular formula is C34H25ClF3N3O5S2. The molecule has 7 atom stereocenters. The van der Waals surface area contributed by atoms with Gasteiger partial charge in [-0.05, 0) is 84.3 Å². The van der Waals surface area contributed by atoms with E-state index in [0.717, 1.165) is 43.8 Å². The van der Waals surface area contributed by atoms with Crippen LogP contribution >= 0.6 is 34.7 Å². The molecule has 0 spiro atoms. The lowest BCUT2D eigenvalue weighted by molar-refractivity contribution is -0.137. The predicted octanol–water partition coefficient (Wildman–Crippen LogP) is 6.80. The summed E-state index contributed by atoms with van der Waals surface area (Å²) < 4.78 is 46.4. The van der Waals surface area contributed by atoms with E-state index in [-0.39, 0.29) is 52.0 Å². The number of benzene rings is 3. The summed E-state index contributed by atoms with van der Waals surface area (Å²) in [5, 5.41) is 3.92. The van der Waals surface area contributed by atoms with E-state index in [2.05, 4.69) is 10.3 Å². The first kappa shape index (κ1) is 31.2. The van der Waals surface area contributed by atoms with Crippen LogP contribution in [0.3, 0.4) is 0 Å². The van der Waals surface area contributed by atoms with E-state index in [1.54, 1.807) is 30.3 Å². The van der Waals surface area contributed by atoms with E-state index in [9.17, 15) is 32.3 Å². The Balaban J connectivity index is 1.08. The highest BCUT2D eigenvalue weighted by Crippen LogP contribution is 2.68. The molecule has 2 bridgehead atoms. The molecule has 14 heteroatoms. The Morgan fingerprint density at radius 3 is 2.46 bits per heavy atom. The normalized spacial score (nSPS) is 27.1. The second-order valence-corrected chi connectivity index (χ2v) is 15.1. The number of carbonyl (C=O) groups excluding carboxylic acids is 3. The molecule has 2 aliphatic carbocycles. The minimum atomic E-state index is -4.62. The number of thiazole rings is 1. The zero-order chi connectivity index (χ0) is 33.5. The van der Waals surface area contributed by atoms with Gasteiger partial charge in [-0.15, -0.1) is 11.8 Å². The van der Waals surface area contributed by atoms with Crippen LogP contribution in [-0.4, -0.2) is 34.6 Å². The number of nitrogens with zero attached hydrogens (tertiary/aromatic N) is 1. The first-order valence-corrected chi connectivity index (χ1v) is 17.3. The number of rotatable bonds is 6. The number of hydrogen-bond donors (Lipinski definition) is 2. The average Bonchev–Trinajstić information content (AvgIpc) is 3.79. The Hall–Kier alpha value is -4.07. The minimum absolute atomic E-state index is 0.0748. The highest BCUT2D eigenvalue weighted by molar-refractivity contribution is 8.00. The fourth-order valence-electron chi connectivity index (χ4n) is 8.14. The van der Waals surface area contributed by atoms with Gasteiger partial charge in [-0.2, -0.15) is 13.2 Å². The van der Waals surface area contributed by atoms with Gasteiger partial charge in [0.05, 0.1) is 28.1 Å². The van der Waals surface area contributed by atoms with Gasteiger partial charge in [-0.3, -0.25) is 24.1 Å². The topological polar surface area (TPSA) is 109 Å². The molecule has 3 aromatic carbocycles. The van der Waals surface area contributed by atoms with Gasteiger partial charge < -0.3 is 15.0 Å². The van der Waals surface area contributed by atoms with Gasteiger partial charge in [0.1, 0.15) is 5.75 Å². The van der Waals surface area contributed by atoms with Gasteiger partial charge in [-0.25, -0.2) is 0 Å². The summed E-state index contributed by atoms with van der Waals surface area (Å²) in [6, 6.07) is 18.3. The molecule has 4 aliphatic rings. The van der Waals surface area contributed by atoms with Crippen LogP contribution in [0.1, 0.15) is 28.3 Å². The maximum Gasteiger partial charge on any atom is 0.416 e. The lowest BCUT2D eigenvalue weighted by Crippen LogP contribution is -2.42. The van der Waals surface area contributed by atoms with Crippen molar-refractivity contribution >= 4 is 63.8 Å². The zero-order valence-electron chi connectivity index (χ0n) is 24.7. The first-order chi connectivity index (χ1) is 23.0. The molecule has 48 heavy (non-hydrogen) atoms. The molecule has 1 saturated heterocycles. The summed E-state index contributed by atoms with van der Waals surface area (Å²) in [7, 11) is 0. The van der Waals surface area contributed by atoms with Gasteiger partial charge in [0.15, 0.2) is 6.61 Å². The predicted molar refractivity (Wildman–Crippen MR) is 174 cm³/mol.